The van der Waals surface area contributed by atoms with Gasteiger partial charge in [0.1, 0.15) is 0 Å². The van der Waals surface area contributed by atoms with Gasteiger partial charge in [-0.25, -0.2) is 8.42 Å². The van der Waals surface area contributed by atoms with Crippen LogP contribution in [0.15, 0.2) is 0 Å². The van der Waals surface area contributed by atoms with Crippen LogP contribution in [0.2, 0.25) is 0 Å². The third-order valence-electron chi connectivity index (χ3n) is 3.70. The van der Waals surface area contributed by atoms with E-state index in [2.05, 4.69) is 5.32 Å². The summed E-state index contributed by atoms with van der Waals surface area (Å²) < 4.78 is 22.6. The summed E-state index contributed by atoms with van der Waals surface area (Å²) in [6.45, 7) is 5.80. The van der Waals surface area contributed by atoms with E-state index in [-0.39, 0.29) is 41.8 Å². The molecule has 1 heterocycles. The largest absolute Gasteiger partial charge is 0.352 e. The van der Waals surface area contributed by atoms with Crippen molar-refractivity contribution in [3.05, 3.63) is 0 Å². The van der Waals surface area contributed by atoms with Crippen molar-refractivity contribution in [2.45, 2.75) is 52.1 Å². The standard InChI is InChI=1S/C13H24N2O4S/c1-4-10(2)15(11(3)16)7-5-13(17)14-12-6-8-20(18,19)9-12/h10,12H,4-9H2,1-3H3,(H,14,17). The molecule has 0 radical (unpaired) electrons. The van der Waals surface area contributed by atoms with E-state index in [0.717, 1.165) is 6.42 Å². The van der Waals surface area contributed by atoms with Crippen LogP contribution in [0.4, 0.5) is 0 Å². The van der Waals surface area contributed by atoms with Crippen molar-refractivity contribution < 1.29 is 18.0 Å². The molecule has 0 spiro atoms. The summed E-state index contributed by atoms with van der Waals surface area (Å²) in [7, 11) is -2.98. The van der Waals surface area contributed by atoms with E-state index in [1.54, 1.807) is 4.90 Å². The average molecular weight is 304 g/mol. The van der Waals surface area contributed by atoms with E-state index < -0.39 is 9.84 Å². The number of sulfone groups is 1. The second-order valence-electron chi connectivity index (χ2n) is 5.39. The highest BCUT2D eigenvalue weighted by molar-refractivity contribution is 7.91. The third-order valence-corrected chi connectivity index (χ3v) is 5.47. The lowest BCUT2D eigenvalue weighted by atomic mass is 10.2. The van der Waals surface area contributed by atoms with Gasteiger partial charge in [-0.15, -0.1) is 0 Å². The monoisotopic (exact) mass is 304 g/mol. The molecule has 0 aliphatic carbocycles. The summed E-state index contributed by atoms with van der Waals surface area (Å²) >= 11 is 0. The lowest BCUT2D eigenvalue weighted by Crippen LogP contribution is -2.41. The minimum atomic E-state index is -2.98. The van der Waals surface area contributed by atoms with Crippen LogP contribution in [0.3, 0.4) is 0 Å². The van der Waals surface area contributed by atoms with E-state index in [1.807, 2.05) is 13.8 Å². The van der Waals surface area contributed by atoms with Crippen molar-refractivity contribution in [2.24, 2.45) is 0 Å². The van der Waals surface area contributed by atoms with E-state index >= 15 is 0 Å². The molecule has 6 nitrogen and oxygen atoms in total. The molecule has 1 rings (SSSR count). The molecule has 116 valence electrons. The van der Waals surface area contributed by atoms with Crippen LogP contribution >= 0.6 is 0 Å². The van der Waals surface area contributed by atoms with Crippen LogP contribution in [0.25, 0.3) is 0 Å². The van der Waals surface area contributed by atoms with Crippen molar-refractivity contribution in [3.63, 3.8) is 0 Å². The Hall–Kier alpha value is -1.11. The Morgan fingerprint density at radius 3 is 2.50 bits per heavy atom. The Bertz CT molecular complexity index is 461. The number of rotatable bonds is 6. The molecule has 1 aliphatic heterocycles. The summed E-state index contributed by atoms with van der Waals surface area (Å²) in [4.78, 5) is 25.0. The maximum Gasteiger partial charge on any atom is 0.222 e. The predicted molar refractivity (Wildman–Crippen MR) is 77.0 cm³/mol. The fourth-order valence-corrected chi connectivity index (χ4v) is 4.01. The third kappa shape index (κ3) is 5.11. The Labute approximate surface area is 120 Å². The maximum absolute atomic E-state index is 11.8. The molecule has 0 aromatic rings. The molecule has 1 saturated heterocycles. The van der Waals surface area contributed by atoms with Crippen molar-refractivity contribution in [1.29, 1.82) is 0 Å². The highest BCUT2D eigenvalue weighted by Gasteiger charge is 2.29. The first-order valence-corrected chi connectivity index (χ1v) is 8.84. The number of nitrogens with one attached hydrogen (secondary N) is 1. The van der Waals surface area contributed by atoms with Gasteiger partial charge in [0.25, 0.3) is 0 Å². The molecular formula is C13H24N2O4S. The molecular weight excluding hydrogens is 280 g/mol. The van der Waals surface area contributed by atoms with Crippen LogP contribution in [0, 0.1) is 0 Å². The zero-order chi connectivity index (χ0) is 15.3. The second-order valence-corrected chi connectivity index (χ2v) is 7.62. The molecule has 0 bridgehead atoms. The molecule has 20 heavy (non-hydrogen) atoms. The molecule has 2 amide bonds. The molecule has 1 aliphatic rings. The van der Waals surface area contributed by atoms with Gasteiger partial charge in [0.15, 0.2) is 9.84 Å². The molecule has 7 heteroatoms. The van der Waals surface area contributed by atoms with Gasteiger partial charge in [-0.05, 0) is 19.8 Å². The highest BCUT2D eigenvalue weighted by Crippen LogP contribution is 2.11. The van der Waals surface area contributed by atoms with Crippen LogP contribution in [-0.4, -0.2) is 55.3 Å². The Morgan fingerprint density at radius 1 is 1.40 bits per heavy atom. The lowest BCUT2D eigenvalue weighted by Gasteiger charge is -2.27. The van der Waals surface area contributed by atoms with Gasteiger partial charge in [-0.2, -0.15) is 0 Å². The number of carbonyl (C=O) groups is 2. The molecule has 0 saturated carbocycles. The zero-order valence-corrected chi connectivity index (χ0v) is 13.2. The van der Waals surface area contributed by atoms with Crippen molar-refractivity contribution in [2.75, 3.05) is 18.1 Å². The van der Waals surface area contributed by atoms with Gasteiger partial charge in [0.05, 0.1) is 11.5 Å². The van der Waals surface area contributed by atoms with Crippen LogP contribution in [0.1, 0.15) is 40.0 Å². The Balaban J connectivity index is 2.41. The zero-order valence-electron chi connectivity index (χ0n) is 12.4. The maximum atomic E-state index is 11.8. The second kappa shape index (κ2) is 7.06. The lowest BCUT2D eigenvalue weighted by molar-refractivity contribution is -0.131. The summed E-state index contributed by atoms with van der Waals surface area (Å²) in [5.74, 6) is -0.0671. The summed E-state index contributed by atoms with van der Waals surface area (Å²) in [5.41, 5.74) is 0. The molecule has 2 atom stereocenters. The van der Waals surface area contributed by atoms with Gasteiger partial charge in [-0.3, -0.25) is 9.59 Å². The van der Waals surface area contributed by atoms with Gasteiger partial charge in [0.2, 0.25) is 11.8 Å². The molecule has 0 aromatic carbocycles. The Morgan fingerprint density at radius 2 is 2.05 bits per heavy atom. The van der Waals surface area contributed by atoms with Crippen LogP contribution in [0.5, 0.6) is 0 Å². The Kier molecular flexibility index (Phi) is 5.98. The average Bonchev–Trinajstić information content (AvgIpc) is 2.67. The quantitative estimate of drug-likeness (QED) is 0.766. The first kappa shape index (κ1) is 16.9. The SMILES string of the molecule is CCC(C)N(CCC(=O)NC1CCS(=O)(=O)C1)C(C)=O. The van der Waals surface area contributed by atoms with Crippen LogP contribution < -0.4 is 5.32 Å². The summed E-state index contributed by atoms with van der Waals surface area (Å²) in [5, 5.41) is 2.73. The fourth-order valence-electron chi connectivity index (χ4n) is 2.34. The normalized spacial score (nSPS) is 22.2. The van der Waals surface area contributed by atoms with Crippen molar-refractivity contribution in [1.82, 2.24) is 10.2 Å². The van der Waals surface area contributed by atoms with E-state index in [0.29, 0.717) is 13.0 Å². The number of nitrogens with zero attached hydrogens (tertiary/aromatic N) is 1. The topological polar surface area (TPSA) is 83.6 Å². The van der Waals surface area contributed by atoms with Crippen molar-refractivity contribution >= 4 is 21.7 Å². The van der Waals surface area contributed by atoms with Gasteiger partial charge in [-0.1, -0.05) is 6.92 Å². The number of carbonyl (C=O) groups excluding carboxylic acids is 2. The van der Waals surface area contributed by atoms with Gasteiger partial charge >= 0.3 is 0 Å². The molecule has 2 unspecified atom stereocenters. The minimum absolute atomic E-state index is 0.0283. The number of amides is 2. The highest BCUT2D eigenvalue weighted by atomic mass is 32.2. The van der Waals surface area contributed by atoms with Crippen molar-refractivity contribution in [3.8, 4) is 0 Å². The number of hydrogen-bond acceptors (Lipinski definition) is 4. The van der Waals surface area contributed by atoms with E-state index in [9.17, 15) is 18.0 Å². The van der Waals surface area contributed by atoms with Gasteiger partial charge in [0, 0.05) is 32.0 Å². The van der Waals surface area contributed by atoms with Crippen LogP contribution in [-0.2, 0) is 19.4 Å². The summed E-state index contributed by atoms with van der Waals surface area (Å²) in [6, 6.07) is -0.172. The van der Waals surface area contributed by atoms with Gasteiger partial charge < -0.3 is 10.2 Å². The minimum Gasteiger partial charge on any atom is -0.352 e. The molecule has 1 fully saturated rings. The first-order chi connectivity index (χ1) is 9.25. The fraction of sp³-hybridized carbons (Fsp3) is 0.846. The molecule has 0 aromatic heterocycles. The first-order valence-electron chi connectivity index (χ1n) is 7.02. The molecule has 1 N–H and O–H groups in total. The van der Waals surface area contributed by atoms with E-state index in [4.69, 9.17) is 0 Å². The summed E-state index contributed by atoms with van der Waals surface area (Å²) in [6.07, 6.45) is 1.53. The predicted octanol–water partition coefficient (Wildman–Crippen LogP) is 0.327. The number of hydrogen-bond donors (Lipinski definition) is 1. The smallest absolute Gasteiger partial charge is 0.222 e. The van der Waals surface area contributed by atoms with E-state index in [1.165, 1.54) is 6.92 Å².